The predicted octanol–water partition coefficient (Wildman–Crippen LogP) is 2.15. The summed E-state index contributed by atoms with van der Waals surface area (Å²) in [5, 5.41) is 8.60. The average molecular weight is 247 g/mol. The number of hydrogen-bond acceptors (Lipinski definition) is 2. The summed E-state index contributed by atoms with van der Waals surface area (Å²) in [7, 11) is 0. The van der Waals surface area contributed by atoms with Crippen LogP contribution in [0.2, 0.25) is 0 Å². The lowest BCUT2D eigenvalue weighted by Gasteiger charge is -2.21. The Morgan fingerprint density at radius 3 is 2.94 bits per heavy atom. The van der Waals surface area contributed by atoms with E-state index in [9.17, 15) is 4.39 Å². The molecule has 18 heavy (non-hydrogen) atoms. The predicted molar refractivity (Wildman–Crippen MR) is 69.5 cm³/mol. The highest BCUT2D eigenvalue weighted by Gasteiger charge is 2.21. The molecule has 0 spiro atoms. The van der Waals surface area contributed by atoms with E-state index >= 15 is 0 Å². The summed E-state index contributed by atoms with van der Waals surface area (Å²) < 4.78 is 13.9. The topological polar surface area (TPSA) is 23.5 Å². The fraction of sp³-hybridized carbons (Fsp3) is 0.467. The first-order valence-corrected chi connectivity index (χ1v) is 6.33. The first-order valence-electron chi connectivity index (χ1n) is 6.33. The fourth-order valence-electron chi connectivity index (χ4n) is 2.34. The number of nitrogens with zero attached hydrogens (tertiary/aromatic N) is 1. The van der Waals surface area contributed by atoms with Crippen molar-refractivity contribution in [3.63, 3.8) is 0 Å². The summed E-state index contributed by atoms with van der Waals surface area (Å²) in [6.45, 7) is 3.70. The molecule has 1 aliphatic rings. The van der Waals surface area contributed by atoms with E-state index in [1.165, 1.54) is 18.9 Å². The number of hydrogen-bond donors (Lipinski definition) is 1. The van der Waals surface area contributed by atoms with E-state index < -0.39 is 0 Å². The van der Waals surface area contributed by atoms with Crippen LogP contribution in [0.5, 0.6) is 0 Å². The Labute approximate surface area is 107 Å². The van der Waals surface area contributed by atoms with Gasteiger partial charge in [0.15, 0.2) is 0 Å². The lowest BCUT2D eigenvalue weighted by atomic mass is 10.1. The normalized spacial score (nSPS) is 19.6. The van der Waals surface area contributed by atoms with Crippen LogP contribution in [0, 0.1) is 17.7 Å². The van der Waals surface area contributed by atoms with Crippen molar-refractivity contribution < 1.29 is 9.50 Å². The molecule has 1 N–H and O–H groups in total. The standard InChI is InChI=1S/C15H18FNO/c1-12-4-2-8-17(12)11-14-7-6-13(5-3-9-18)10-15(14)16/h6-7,10,12,18H,2,4,8-9,11H2,1H3. The van der Waals surface area contributed by atoms with Crippen molar-refractivity contribution >= 4 is 0 Å². The van der Waals surface area contributed by atoms with Crippen LogP contribution >= 0.6 is 0 Å². The maximum atomic E-state index is 13.9. The second kappa shape index (κ2) is 5.99. The van der Waals surface area contributed by atoms with Gasteiger partial charge < -0.3 is 5.11 Å². The third kappa shape index (κ3) is 3.10. The zero-order valence-electron chi connectivity index (χ0n) is 10.6. The SMILES string of the molecule is CC1CCCN1Cc1ccc(C#CCO)cc1F. The molecule has 1 aliphatic heterocycles. The van der Waals surface area contributed by atoms with Gasteiger partial charge in [0.05, 0.1) is 0 Å². The Kier molecular flexibility index (Phi) is 4.35. The zero-order chi connectivity index (χ0) is 13.0. The molecule has 1 heterocycles. The molecule has 1 unspecified atom stereocenters. The average Bonchev–Trinajstić information content (AvgIpc) is 2.75. The number of likely N-dealkylation sites (tertiary alicyclic amines) is 1. The van der Waals surface area contributed by atoms with E-state index in [0.29, 0.717) is 18.2 Å². The monoisotopic (exact) mass is 247 g/mol. The third-order valence-electron chi connectivity index (χ3n) is 3.43. The quantitative estimate of drug-likeness (QED) is 0.809. The molecule has 1 atom stereocenters. The Hall–Kier alpha value is -1.37. The molecule has 0 saturated carbocycles. The summed E-state index contributed by atoms with van der Waals surface area (Å²) in [6, 6.07) is 5.58. The number of aliphatic hydroxyl groups is 1. The van der Waals surface area contributed by atoms with Gasteiger partial charge >= 0.3 is 0 Å². The molecular formula is C15H18FNO. The maximum absolute atomic E-state index is 13.9. The fourth-order valence-corrected chi connectivity index (χ4v) is 2.34. The summed E-state index contributed by atoms with van der Waals surface area (Å²) in [4.78, 5) is 2.30. The van der Waals surface area contributed by atoms with Crippen LogP contribution in [0.1, 0.15) is 30.9 Å². The first kappa shape index (κ1) is 13.1. The van der Waals surface area contributed by atoms with E-state index in [1.54, 1.807) is 6.07 Å². The van der Waals surface area contributed by atoms with E-state index in [0.717, 1.165) is 12.1 Å². The molecule has 2 rings (SSSR count). The second-order valence-electron chi connectivity index (χ2n) is 4.73. The summed E-state index contributed by atoms with van der Waals surface area (Å²) in [5.41, 5.74) is 1.33. The van der Waals surface area contributed by atoms with Crippen LogP contribution < -0.4 is 0 Å². The number of benzene rings is 1. The van der Waals surface area contributed by atoms with E-state index in [1.807, 2.05) is 6.07 Å². The molecule has 0 bridgehead atoms. The van der Waals surface area contributed by atoms with E-state index in [4.69, 9.17) is 5.11 Å². The highest BCUT2D eigenvalue weighted by molar-refractivity contribution is 5.37. The largest absolute Gasteiger partial charge is 0.384 e. The van der Waals surface area contributed by atoms with Crippen molar-refractivity contribution in [2.45, 2.75) is 32.4 Å². The van der Waals surface area contributed by atoms with Gasteiger partial charge in [-0.25, -0.2) is 4.39 Å². The smallest absolute Gasteiger partial charge is 0.128 e. The van der Waals surface area contributed by atoms with Crippen LogP contribution in [-0.2, 0) is 6.54 Å². The lowest BCUT2D eigenvalue weighted by Crippen LogP contribution is -2.26. The van der Waals surface area contributed by atoms with Crippen molar-refractivity contribution in [3.05, 3.63) is 35.1 Å². The molecule has 1 aromatic rings. The van der Waals surface area contributed by atoms with Crippen molar-refractivity contribution in [2.24, 2.45) is 0 Å². The van der Waals surface area contributed by atoms with Crippen molar-refractivity contribution in [1.29, 1.82) is 0 Å². The Bertz CT molecular complexity index is 475. The molecule has 1 aromatic carbocycles. The van der Waals surface area contributed by atoms with Crippen molar-refractivity contribution in [1.82, 2.24) is 4.90 Å². The lowest BCUT2D eigenvalue weighted by molar-refractivity contribution is 0.256. The summed E-state index contributed by atoms with van der Waals surface area (Å²) >= 11 is 0. The maximum Gasteiger partial charge on any atom is 0.128 e. The zero-order valence-corrected chi connectivity index (χ0v) is 10.6. The van der Waals surface area contributed by atoms with Gasteiger partial charge in [0.1, 0.15) is 12.4 Å². The van der Waals surface area contributed by atoms with Crippen LogP contribution in [0.15, 0.2) is 18.2 Å². The molecule has 0 amide bonds. The first-order chi connectivity index (χ1) is 8.70. The van der Waals surface area contributed by atoms with Gasteiger partial charge in [0.2, 0.25) is 0 Å². The van der Waals surface area contributed by atoms with Gasteiger partial charge in [0, 0.05) is 23.7 Å². The van der Waals surface area contributed by atoms with Gasteiger partial charge in [-0.2, -0.15) is 0 Å². The van der Waals surface area contributed by atoms with E-state index in [-0.39, 0.29) is 12.4 Å². The molecule has 2 nitrogen and oxygen atoms in total. The Morgan fingerprint density at radius 1 is 1.50 bits per heavy atom. The minimum Gasteiger partial charge on any atom is -0.384 e. The van der Waals surface area contributed by atoms with Crippen LogP contribution in [0.4, 0.5) is 4.39 Å². The third-order valence-corrected chi connectivity index (χ3v) is 3.43. The highest BCUT2D eigenvalue weighted by Crippen LogP contribution is 2.21. The molecule has 0 aromatic heterocycles. The highest BCUT2D eigenvalue weighted by atomic mass is 19.1. The molecule has 96 valence electrons. The Balaban J connectivity index is 2.09. The van der Waals surface area contributed by atoms with Crippen LogP contribution in [0.3, 0.4) is 0 Å². The van der Waals surface area contributed by atoms with Crippen molar-refractivity contribution in [3.8, 4) is 11.8 Å². The summed E-state index contributed by atoms with van der Waals surface area (Å²) in [6.07, 6.45) is 2.39. The van der Waals surface area contributed by atoms with Crippen LogP contribution in [-0.4, -0.2) is 29.2 Å². The number of aliphatic hydroxyl groups excluding tert-OH is 1. The molecular weight excluding hydrogens is 229 g/mol. The minimum absolute atomic E-state index is 0.200. The van der Waals surface area contributed by atoms with Crippen LogP contribution in [0.25, 0.3) is 0 Å². The van der Waals surface area contributed by atoms with E-state index in [2.05, 4.69) is 23.7 Å². The van der Waals surface area contributed by atoms with Gasteiger partial charge in [-0.3, -0.25) is 4.90 Å². The molecule has 0 radical (unpaired) electrons. The Morgan fingerprint density at radius 2 is 2.33 bits per heavy atom. The minimum atomic E-state index is -0.209. The second-order valence-corrected chi connectivity index (χ2v) is 4.73. The number of halogens is 1. The molecule has 1 saturated heterocycles. The van der Waals surface area contributed by atoms with Gasteiger partial charge in [-0.1, -0.05) is 17.9 Å². The van der Waals surface area contributed by atoms with Gasteiger partial charge in [-0.05, 0) is 38.4 Å². The van der Waals surface area contributed by atoms with Crippen molar-refractivity contribution in [2.75, 3.05) is 13.2 Å². The van der Waals surface area contributed by atoms with Gasteiger partial charge in [0.25, 0.3) is 0 Å². The molecule has 0 aliphatic carbocycles. The summed E-state index contributed by atoms with van der Waals surface area (Å²) in [5.74, 6) is 5.02. The molecule has 1 fully saturated rings. The molecule has 3 heteroatoms. The van der Waals surface area contributed by atoms with Gasteiger partial charge in [-0.15, -0.1) is 0 Å². The number of rotatable bonds is 2.